The Morgan fingerprint density at radius 3 is 2.77 bits per heavy atom. The predicted octanol–water partition coefficient (Wildman–Crippen LogP) is -1.98. The molecule has 0 spiro atoms. The van der Waals surface area contributed by atoms with Crippen LogP contribution >= 0.6 is 0 Å². The van der Waals surface area contributed by atoms with Crippen LogP contribution in [0.4, 0.5) is 10.1 Å². The Balaban J connectivity index is 0.00000218. The first-order valence-electron chi connectivity index (χ1n) is 10.1. The molecule has 0 bridgehead atoms. The lowest BCUT2D eigenvalue weighted by Gasteiger charge is -2.26. The highest BCUT2D eigenvalue weighted by atomic mass is 35.5. The van der Waals surface area contributed by atoms with Crippen molar-refractivity contribution < 1.29 is 37.2 Å². The maximum absolute atomic E-state index is 15.3. The first-order valence-corrected chi connectivity index (χ1v) is 10.1. The molecule has 0 aromatic carbocycles. The highest BCUT2D eigenvalue weighted by molar-refractivity contribution is 5.89. The molecule has 1 saturated carbocycles. The monoisotopic (exact) mass is 437 g/mol. The summed E-state index contributed by atoms with van der Waals surface area (Å²) in [7, 11) is 0. The van der Waals surface area contributed by atoms with Crippen molar-refractivity contribution in [1.82, 2.24) is 4.40 Å². The molecule has 3 fully saturated rings. The smallest absolute Gasteiger partial charge is 0.341 e. The van der Waals surface area contributed by atoms with E-state index in [1.54, 1.807) is 0 Å². The number of hydrogen-bond acceptors (Lipinski definition) is 4. The topological polar surface area (TPSA) is 98.9 Å². The molecule has 162 valence electrons. The summed E-state index contributed by atoms with van der Waals surface area (Å²) in [5.74, 6) is -1.24. The Morgan fingerprint density at radius 2 is 2.17 bits per heavy atom. The van der Waals surface area contributed by atoms with Crippen LogP contribution in [0.5, 0.6) is 0 Å². The van der Waals surface area contributed by atoms with Gasteiger partial charge in [-0.25, -0.2) is 9.18 Å². The zero-order chi connectivity index (χ0) is 20.5. The van der Waals surface area contributed by atoms with Gasteiger partial charge in [-0.2, -0.15) is 0 Å². The van der Waals surface area contributed by atoms with Crippen LogP contribution in [-0.2, 0) is 4.74 Å². The van der Waals surface area contributed by atoms with E-state index in [-0.39, 0.29) is 29.3 Å². The Morgan fingerprint density at radius 1 is 1.43 bits per heavy atom. The third-order valence-electron chi connectivity index (χ3n) is 7.03. The number of hydrogen-bond donors (Lipinski definition) is 2. The fourth-order valence-electron chi connectivity index (χ4n) is 5.25. The van der Waals surface area contributed by atoms with Crippen LogP contribution in [0, 0.1) is 24.1 Å². The number of rotatable bonds is 4. The van der Waals surface area contributed by atoms with E-state index in [9.17, 15) is 14.7 Å². The molecule has 9 heteroatoms. The minimum absolute atomic E-state index is 0. The molecule has 4 heterocycles. The van der Waals surface area contributed by atoms with Gasteiger partial charge in [0.2, 0.25) is 0 Å². The van der Waals surface area contributed by atoms with Gasteiger partial charge in [0.25, 0.3) is 5.56 Å². The van der Waals surface area contributed by atoms with E-state index in [2.05, 4.69) is 10.6 Å². The SMILES string of the molecule is Cc1c(N2C[C@@H]3COC[C@]3(C[NH3+])C2)c(F)cn2c(=O)c(C(=O)O)cc(C3CC3)c12.[Cl-]. The summed E-state index contributed by atoms with van der Waals surface area (Å²) in [6.07, 6.45) is 3.07. The lowest BCUT2D eigenvalue weighted by molar-refractivity contribution is -0.392. The lowest BCUT2D eigenvalue weighted by Crippen LogP contribution is -3.00. The van der Waals surface area contributed by atoms with Gasteiger partial charge in [-0.3, -0.25) is 9.20 Å². The number of carboxylic acid groups (broad SMARTS) is 1. The maximum atomic E-state index is 15.3. The zero-order valence-electron chi connectivity index (χ0n) is 16.8. The molecule has 0 radical (unpaired) electrons. The van der Waals surface area contributed by atoms with Crippen LogP contribution < -0.4 is 28.6 Å². The number of halogens is 2. The number of carboxylic acids is 1. The van der Waals surface area contributed by atoms with Gasteiger partial charge in [0.1, 0.15) is 5.56 Å². The molecule has 2 aromatic heterocycles. The second kappa shape index (κ2) is 7.21. The van der Waals surface area contributed by atoms with Crippen molar-refractivity contribution in [3.63, 3.8) is 0 Å². The fraction of sp³-hybridized carbons (Fsp3) is 0.524. The van der Waals surface area contributed by atoms with Crippen LogP contribution in [0.15, 0.2) is 17.1 Å². The van der Waals surface area contributed by atoms with Crippen LogP contribution in [0.2, 0.25) is 0 Å². The molecule has 0 unspecified atom stereocenters. The average Bonchev–Trinajstić information content (AvgIpc) is 3.34. The van der Waals surface area contributed by atoms with Crippen molar-refractivity contribution in [2.75, 3.05) is 37.7 Å². The predicted molar refractivity (Wildman–Crippen MR) is 104 cm³/mol. The number of quaternary nitrogens is 1. The average molecular weight is 438 g/mol. The number of aromatic nitrogens is 1. The molecule has 2 aliphatic heterocycles. The standard InChI is InChI=1S/C21H24FN3O4.ClH/c1-11-17-14(12-2-3-12)4-15(20(27)28)19(26)25(17)6-16(22)18(11)24-5-13-7-29-10-21(13,8-23)9-24;/h4,6,12-13H,2-3,5,7-10,23H2,1H3,(H,27,28);1H/t13-,21+;/m1./s1. The van der Waals surface area contributed by atoms with Crippen molar-refractivity contribution >= 4 is 17.2 Å². The molecule has 3 aliphatic rings. The third-order valence-corrected chi connectivity index (χ3v) is 7.03. The highest BCUT2D eigenvalue weighted by Gasteiger charge is 2.52. The number of aromatic carboxylic acids is 1. The van der Waals surface area contributed by atoms with Crippen LogP contribution in [0.3, 0.4) is 0 Å². The van der Waals surface area contributed by atoms with E-state index < -0.39 is 17.3 Å². The maximum Gasteiger partial charge on any atom is 0.341 e. The van der Waals surface area contributed by atoms with E-state index in [0.717, 1.165) is 24.9 Å². The minimum atomic E-state index is -1.28. The van der Waals surface area contributed by atoms with E-state index in [1.165, 1.54) is 16.7 Å². The summed E-state index contributed by atoms with van der Waals surface area (Å²) >= 11 is 0. The van der Waals surface area contributed by atoms with Crippen molar-refractivity contribution in [3.05, 3.63) is 45.1 Å². The first-order chi connectivity index (χ1) is 13.9. The number of ether oxygens (including phenoxy) is 1. The molecular formula is C21H25ClFN3O4. The van der Waals surface area contributed by atoms with E-state index in [0.29, 0.717) is 49.0 Å². The van der Waals surface area contributed by atoms with Gasteiger partial charge in [-0.1, -0.05) is 0 Å². The Labute approximate surface area is 179 Å². The van der Waals surface area contributed by atoms with Crippen molar-refractivity contribution in [1.29, 1.82) is 0 Å². The summed E-state index contributed by atoms with van der Waals surface area (Å²) in [4.78, 5) is 26.4. The first kappa shape index (κ1) is 21.1. The van der Waals surface area contributed by atoms with Crippen molar-refractivity contribution in [2.24, 2.45) is 11.3 Å². The summed E-state index contributed by atoms with van der Waals surface area (Å²) in [5, 5.41) is 9.43. The number of pyridine rings is 2. The van der Waals surface area contributed by atoms with E-state index in [1.807, 2.05) is 6.92 Å². The number of carbonyl (C=O) groups is 1. The Hall–Kier alpha value is -2.16. The molecule has 5 rings (SSSR count). The molecule has 30 heavy (non-hydrogen) atoms. The van der Waals surface area contributed by atoms with Gasteiger partial charge in [0, 0.05) is 19.0 Å². The van der Waals surface area contributed by atoms with Gasteiger partial charge >= 0.3 is 5.97 Å². The quantitative estimate of drug-likeness (QED) is 0.577. The van der Waals surface area contributed by atoms with Crippen LogP contribution in [-0.4, -0.2) is 48.3 Å². The third kappa shape index (κ3) is 2.92. The normalized spacial score (nSPS) is 25.4. The summed E-state index contributed by atoms with van der Waals surface area (Å²) < 4.78 is 22.2. The largest absolute Gasteiger partial charge is 1.00 e. The second-order valence-corrected chi connectivity index (χ2v) is 8.77. The number of fused-ring (bicyclic) bond motifs is 2. The minimum Gasteiger partial charge on any atom is -1.00 e. The molecule has 4 N–H and O–H groups in total. The van der Waals surface area contributed by atoms with Gasteiger partial charge in [-0.15, -0.1) is 0 Å². The molecule has 7 nitrogen and oxygen atoms in total. The summed E-state index contributed by atoms with van der Waals surface area (Å²) in [5.41, 5.74) is 5.74. The van der Waals surface area contributed by atoms with Gasteiger partial charge in [-0.05, 0) is 42.9 Å². The van der Waals surface area contributed by atoms with Crippen molar-refractivity contribution in [3.8, 4) is 0 Å². The van der Waals surface area contributed by atoms with Crippen LogP contribution in [0.1, 0.15) is 40.2 Å². The lowest BCUT2D eigenvalue weighted by atomic mass is 9.81. The van der Waals surface area contributed by atoms with Crippen LogP contribution in [0.25, 0.3) is 5.52 Å². The van der Waals surface area contributed by atoms with Gasteiger partial charge < -0.3 is 32.9 Å². The molecule has 2 atom stereocenters. The molecule has 0 amide bonds. The molecular weight excluding hydrogens is 413 g/mol. The fourth-order valence-corrected chi connectivity index (χ4v) is 5.25. The molecule has 2 aromatic rings. The highest BCUT2D eigenvalue weighted by Crippen LogP contribution is 2.46. The number of anilines is 1. The second-order valence-electron chi connectivity index (χ2n) is 8.77. The Bertz CT molecular complexity index is 1100. The van der Waals surface area contributed by atoms with Crippen molar-refractivity contribution in [2.45, 2.75) is 25.7 Å². The summed E-state index contributed by atoms with van der Waals surface area (Å²) in [6.45, 7) is 5.23. The molecule has 1 aliphatic carbocycles. The van der Waals surface area contributed by atoms with Gasteiger partial charge in [0.05, 0.1) is 42.6 Å². The Kier molecular flexibility index (Phi) is 5.07. The number of aryl methyl sites for hydroxylation is 1. The van der Waals surface area contributed by atoms with Gasteiger partial charge in [0.15, 0.2) is 5.82 Å². The number of nitrogens with zero attached hydrogens (tertiary/aromatic N) is 2. The van der Waals surface area contributed by atoms with E-state index >= 15 is 4.39 Å². The zero-order valence-corrected chi connectivity index (χ0v) is 17.5. The molecule has 2 saturated heterocycles. The summed E-state index contributed by atoms with van der Waals surface area (Å²) in [6, 6.07) is 1.50. The van der Waals surface area contributed by atoms with E-state index in [4.69, 9.17) is 4.74 Å².